The lowest BCUT2D eigenvalue weighted by molar-refractivity contribution is -0.155. The predicted octanol–water partition coefficient (Wildman–Crippen LogP) is 3.17. The monoisotopic (exact) mass is 471 g/mol. The number of rotatable bonds is 7. The van der Waals surface area contributed by atoms with E-state index in [9.17, 15) is 27.6 Å². The van der Waals surface area contributed by atoms with E-state index in [0.717, 1.165) is 18.2 Å². The standard InChI is InChI=1S/C23H32F3N3O4/c1-22(2,3)33-20(31)10-7-14-12-17(27)8-9-18(14)29-19(30)13-28-21(32)15-5-4-6-16(11-15)23(24,25)26/h4-6,11,14,17-18H,7-10,12-13,27H2,1-3H3,(H,28,32)(H,29,30)/t14-,17-,18+/m1/s1. The van der Waals surface area contributed by atoms with Crippen LogP contribution >= 0.6 is 0 Å². The van der Waals surface area contributed by atoms with Gasteiger partial charge in [0, 0.05) is 24.1 Å². The zero-order valence-electron chi connectivity index (χ0n) is 19.1. The molecule has 4 N–H and O–H groups in total. The normalized spacial score (nSPS) is 21.2. The molecule has 0 aromatic heterocycles. The second-order valence-corrected chi connectivity index (χ2v) is 9.39. The van der Waals surface area contributed by atoms with Crippen molar-refractivity contribution in [2.75, 3.05) is 6.54 Å². The number of nitrogens with two attached hydrogens (primary N) is 1. The number of alkyl halides is 3. The highest BCUT2D eigenvalue weighted by Gasteiger charge is 2.32. The van der Waals surface area contributed by atoms with Crippen molar-refractivity contribution in [2.45, 2.75) is 76.7 Å². The van der Waals surface area contributed by atoms with Gasteiger partial charge < -0.3 is 21.1 Å². The van der Waals surface area contributed by atoms with Crippen molar-refractivity contribution in [1.29, 1.82) is 0 Å². The maximum absolute atomic E-state index is 12.8. The molecule has 1 aromatic rings. The van der Waals surface area contributed by atoms with E-state index in [4.69, 9.17) is 10.5 Å². The molecule has 1 aliphatic rings. The van der Waals surface area contributed by atoms with Crippen LogP contribution in [0.2, 0.25) is 0 Å². The Morgan fingerprint density at radius 1 is 1.15 bits per heavy atom. The molecule has 33 heavy (non-hydrogen) atoms. The summed E-state index contributed by atoms with van der Waals surface area (Å²) >= 11 is 0. The van der Waals surface area contributed by atoms with E-state index in [0.29, 0.717) is 25.7 Å². The van der Waals surface area contributed by atoms with Gasteiger partial charge in [-0.25, -0.2) is 0 Å². The topological polar surface area (TPSA) is 111 Å². The summed E-state index contributed by atoms with van der Waals surface area (Å²) in [6, 6.07) is 3.75. The molecule has 0 bridgehead atoms. The van der Waals surface area contributed by atoms with Gasteiger partial charge in [-0.2, -0.15) is 13.2 Å². The minimum Gasteiger partial charge on any atom is -0.460 e. The van der Waals surface area contributed by atoms with Crippen molar-refractivity contribution in [2.24, 2.45) is 11.7 Å². The molecule has 0 spiro atoms. The number of hydrogen-bond acceptors (Lipinski definition) is 5. The van der Waals surface area contributed by atoms with Crippen molar-refractivity contribution in [3.8, 4) is 0 Å². The summed E-state index contributed by atoms with van der Waals surface area (Å²) in [5.74, 6) is -1.58. The van der Waals surface area contributed by atoms with E-state index >= 15 is 0 Å². The minimum atomic E-state index is -4.57. The number of amides is 2. The van der Waals surface area contributed by atoms with E-state index in [-0.39, 0.29) is 42.5 Å². The third-order valence-corrected chi connectivity index (χ3v) is 5.37. The maximum atomic E-state index is 12.8. The molecule has 0 saturated heterocycles. The first-order chi connectivity index (χ1) is 15.2. The molecule has 2 amide bonds. The van der Waals surface area contributed by atoms with Crippen molar-refractivity contribution in [1.82, 2.24) is 10.6 Å². The molecule has 0 aliphatic heterocycles. The Balaban J connectivity index is 1.89. The molecule has 1 saturated carbocycles. The third-order valence-electron chi connectivity index (χ3n) is 5.37. The summed E-state index contributed by atoms with van der Waals surface area (Å²) in [6.45, 7) is 4.99. The van der Waals surface area contributed by atoms with Crippen LogP contribution in [-0.2, 0) is 20.5 Å². The van der Waals surface area contributed by atoms with Crippen LogP contribution in [0.3, 0.4) is 0 Å². The van der Waals surface area contributed by atoms with Gasteiger partial charge in [-0.15, -0.1) is 0 Å². The second kappa shape index (κ2) is 11.0. The number of carbonyl (C=O) groups excluding carboxylic acids is 3. The second-order valence-electron chi connectivity index (χ2n) is 9.39. The Labute approximate surface area is 191 Å². The molecule has 1 fully saturated rings. The van der Waals surface area contributed by atoms with E-state index in [1.807, 2.05) is 0 Å². The highest BCUT2D eigenvalue weighted by Crippen LogP contribution is 2.30. The summed E-state index contributed by atoms with van der Waals surface area (Å²) in [7, 11) is 0. The fourth-order valence-corrected chi connectivity index (χ4v) is 3.86. The number of halogens is 3. The van der Waals surface area contributed by atoms with E-state index in [2.05, 4.69) is 10.6 Å². The largest absolute Gasteiger partial charge is 0.460 e. The summed E-state index contributed by atoms with van der Waals surface area (Å²) in [5.41, 5.74) is 4.37. The van der Waals surface area contributed by atoms with Crippen molar-refractivity contribution in [3.05, 3.63) is 35.4 Å². The van der Waals surface area contributed by atoms with Gasteiger partial charge in [-0.05, 0) is 70.6 Å². The zero-order valence-corrected chi connectivity index (χ0v) is 19.1. The lowest BCUT2D eigenvalue weighted by atomic mass is 9.79. The minimum absolute atomic E-state index is 0.0237. The van der Waals surface area contributed by atoms with Crippen molar-refractivity contribution < 1.29 is 32.3 Å². The Morgan fingerprint density at radius 2 is 1.85 bits per heavy atom. The first kappa shape index (κ1) is 26.6. The van der Waals surface area contributed by atoms with Gasteiger partial charge in [0.2, 0.25) is 5.91 Å². The molecule has 1 aliphatic carbocycles. The SMILES string of the molecule is CC(C)(C)OC(=O)CC[C@@H]1C[C@H](N)CC[C@@H]1NC(=O)CNC(=O)c1cccc(C(F)(F)F)c1. The third kappa shape index (κ3) is 9.03. The number of hydrogen-bond donors (Lipinski definition) is 3. The molecule has 0 heterocycles. The van der Waals surface area contributed by atoms with Crippen molar-refractivity contribution in [3.63, 3.8) is 0 Å². The van der Waals surface area contributed by atoms with Crippen LogP contribution in [-0.4, -0.2) is 42.0 Å². The van der Waals surface area contributed by atoms with E-state index < -0.39 is 29.2 Å². The van der Waals surface area contributed by atoms with Crippen molar-refractivity contribution >= 4 is 17.8 Å². The molecule has 10 heteroatoms. The van der Waals surface area contributed by atoms with Gasteiger partial charge in [0.05, 0.1) is 12.1 Å². The molecule has 7 nitrogen and oxygen atoms in total. The summed E-state index contributed by atoms with van der Waals surface area (Å²) in [6.07, 6.45) is -1.87. The van der Waals surface area contributed by atoms with Crippen LogP contribution < -0.4 is 16.4 Å². The fourth-order valence-electron chi connectivity index (χ4n) is 3.86. The van der Waals surface area contributed by atoms with Crippen LogP contribution in [0.15, 0.2) is 24.3 Å². The Kier molecular flexibility index (Phi) is 8.88. The number of carbonyl (C=O) groups is 3. The molecular formula is C23H32F3N3O4. The maximum Gasteiger partial charge on any atom is 0.416 e. The van der Waals surface area contributed by atoms with Gasteiger partial charge in [-0.3, -0.25) is 14.4 Å². The van der Waals surface area contributed by atoms with Crippen LogP contribution in [0.4, 0.5) is 13.2 Å². The number of ether oxygens (including phenoxy) is 1. The van der Waals surface area contributed by atoms with Gasteiger partial charge in [0.25, 0.3) is 5.91 Å². The number of esters is 1. The Hall–Kier alpha value is -2.62. The zero-order chi connectivity index (χ0) is 24.8. The molecule has 0 radical (unpaired) electrons. The predicted molar refractivity (Wildman–Crippen MR) is 116 cm³/mol. The molecule has 2 rings (SSSR count). The molecule has 1 aromatic carbocycles. The lowest BCUT2D eigenvalue weighted by Gasteiger charge is -2.35. The Morgan fingerprint density at radius 3 is 2.48 bits per heavy atom. The first-order valence-electron chi connectivity index (χ1n) is 11.0. The smallest absolute Gasteiger partial charge is 0.416 e. The summed E-state index contributed by atoms with van der Waals surface area (Å²) in [5, 5.41) is 5.21. The van der Waals surface area contributed by atoms with Crippen LogP contribution in [0.25, 0.3) is 0 Å². The number of benzene rings is 1. The van der Waals surface area contributed by atoms with E-state index in [1.54, 1.807) is 20.8 Å². The summed E-state index contributed by atoms with van der Waals surface area (Å²) < 4.78 is 43.8. The highest BCUT2D eigenvalue weighted by molar-refractivity contribution is 5.96. The van der Waals surface area contributed by atoms with E-state index in [1.165, 1.54) is 6.07 Å². The molecule has 184 valence electrons. The molecular weight excluding hydrogens is 439 g/mol. The Bertz CT molecular complexity index is 852. The molecule has 0 unspecified atom stereocenters. The average molecular weight is 472 g/mol. The quantitative estimate of drug-likeness (QED) is 0.529. The van der Waals surface area contributed by atoms with Crippen LogP contribution in [0, 0.1) is 5.92 Å². The first-order valence-corrected chi connectivity index (χ1v) is 11.0. The van der Waals surface area contributed by atoms with Crippen LogP contribution in [0.5, 0.6) is 0 Å². The van der Waals surface area contributed by atoms with Gasteiger partial charge >= 0.3 is 12.1 Å². The van der Waals surface area contributed by atoms with Gasteiger partial charge in [0.1, 0.15) is 5.60 Å². The van der Waals surface area contributed by atoms with Gasteiger partial charge in [-0.1, -0.05) is 6.07 Å². The highest BCUT2D eigenvalue weighted by atomic mass is 19.4. The van der Waals surface area contributed by atoms with Crippen LogP contribution in [0.1, 0.15) is 68.8 Å². The summed E-state index contributed by atoms with van der Waals surface area (Å²) in [4.78, 5) is 36.6. The lowest BCUT2D eigenvalue weighted by Crippen LogP contribution is -2.49. The molecule has 3 atom stereocenters. The van der Waals surface area contributed by atoms with Gasteiger partial charge in [0.15, 0.2) is 0 Å². The fraction of sp³-hybridized carbons (Fsp3) is 0.609. The average Bonchev–Trinajstić information content (AvgIpc) is 2.70. The number of nitrogens with one attached hydrogen (secondary N) is 2.